The Labute approximate surface area is 123 Å². The summed E-state index contributed by atoms with van der Waals surface area (Å²) in [5.41, 5.74) is 5.99. The number of nitrogens with two attached hydrogens (primary N) is 1. The third kappa shape index (κ3) is 3.25. The fraction of sp³-hybridized carbons (Fsp3) is 0.417. The summed E-state index contributed by atoms with van der Waals surface area (Å²) in [6.45, 7) is 2.09. The summed E-state index contributed by atoms with van der Waals surface area (Å²) in [5, 5.41) is 0.167. The highest BCUT2D eigenvalue weighted by molar-refractivity contribution is 7.89. The lowest BCUT2D eigenvalue weighted by atomic mass is 9.83. The third-order valence-corrected chi connectivity index (χ3v) is 5.44. The van der Waals surface area contributed by atoms with Crippen LogP contribution in [0.1, 0.15) is 25.3 Å². The van der Waals surface area contributed by atoms with Crippen LogP contribution in [0.25, 0.3) is 0 Å². The molecule has 0 radical (unpaired) electrons. The van der Waals surface area contributed by atoms with Gasteiger partial charge in [-0.1, -0.05) is 36.8 Å². The average Bonchev–Trinajstić information content (AvgIpc) is 2.26. The van der Waals surface area contributed by atoms with Crippen LogP contribution in [-0.2, 0) is 10.0 Å². The Morgan fingerprint density at radius 1 is 1.47 bits per heavy atom. The molecule has 0 spiro atoms. The van der Waals surface area contributed by atoms with Crippen molar-refractivity contribution in [3.8, 4) is 0 Å². The molecule has 4 nitrogen and oxygen atoms in total. The molecule has 0 aromatic heterocycles. The first kappa shape index (κ1) is 14.7. The van der Waals surface area contributed by atoms with Crippen molar-refractivity contribution in [1.82, 2.24) is 4.72 Å². The summed E-state index contributed by atoms with van der Waals surface area (Å²) in [6, 6.07) is 4.50. The molecule has 2 rings (SSSR count). The SMILES string of the molecule is CC1CC(NS(=O)(=O)c2cc(C(N)=S)ccc2Cl)C1. The predicted octanol–water partition coefficient (Wildman–Crippen LogP) is 2.05. The van der Waals surface area contributed by atoms with Crippen LogP contribution in [-0.4, -0.2) is 19.4 Å². The molecule has 0 aliphatic heterocycles. The van der Waals surface area contributed by atoms with E-state index in [0.29, 0.717) is 11.5 Å². The van der Waals surface area contributed by atoms with Crippen molar-refractivity contribution >= 4 is 38.8 Å². The van der Waals surface area contributed by atoms with Gasteiger partial charge in [0.2, 0.25) is 10.0 Å². The van der Waals surface area contributed by atoms with Crippen LogP contribution < -0.4 is 10.5 Å². The lowest BCUT2D eigenvalue weighted by Gasteiger charge is -2.33. The van der Waals surface area contributed by atoms with Gasteiger partial charge < -0.3 is 5.73 Å². The molecule has 0 atom stereocenters. The number of hydrogen-bond donors (Lipinski definition) is 2. The third-order valence-electron chi connectivity index (χ3n) is 3.20. The monoisotopic (exact) mass is 318 g/mol. The largest absolute Gasteiger partial charge is 0.389 e. The van der Waals surface area contributed by atoms with Gasteiger partial charge in [-0.15, -0.1) is 0 Å². The minimum absolute atomic E-state index is 0.00968. The van der Waals surface area contributed by atoms with Crippen molar-refractivity contribution in [2.75, 3.05) is 0 Å². The second kappa shape index (κ2) is 5.36. The summed E-state index contributed by atoms with van der Waals surface area (Å²) < 4.78 is 27.2. The molecule has 19 heavy (non-hydrogen) atoms. The summed E-state index contributed by atoms with van der Waals surface area (Å²) in [6.07, 6.45) is 1.71. The highest BCUT2D eigenvalue weighted by atomic mass is 35.5. The van der Waals surface area contributed by atoms with Crippen molar-refractivity contribution < 1.29 is 8.42 Å². The van der Waals surface area contributed by atoms with Gasteiger partial charge >= 0.3 is 0 Å². The Hall–Kier alpha value is -0.690. The summed E-state index contributed by atoms with van der Waals surface area (Å²) in [4.78, 5) is 0.171. The van der Waals surface area contributed by atoms with E-state index < -0.39 is 10.0 Å². The van der Waals surface area contributed by atoms with E-state index in [1.807, 2.05) is 0 Å². The van der Waals surface area contributed by atoms with E-state index in [1.54, 1.807) is 6.07 Å². The molecule has 1 fully saturated rings. The van der Waals surface area contributed by atoms with E-state index in [1.165, 1.54) is 12.1 Å². The predicted molar refractivity (Wildman–Crippen MR) is 79.8 cm³/mol. The molecule has 0 unspecified atom stereocenters. The van der Waals surface area contributed by atoms with Crippen LogP contribution in [0.2, 0.25) is 5.02 Å². The molecule has 0 amide bonds. The fourth-order valence-electron chi connectivity index (χ4n) is 2.14. The van der Waals surface area contributed by atoms with E-state index in [4.69, 9.17) is 29.6 Å². The second-order valence-electron chi connectivity index (χ2n) is 4.90. The summed E-state index contributed by atoms with van der Waals surface area (Å²) >= 11 is 10.8. The number of thiocarbonyl (C=S) groups is 1. The second-order valence-corrected chi connectivity index (χ2v) is 7.43. The van der Waals surface area contributed by atoms with Crippen LogP contribution in [0.4, 0.5) is 0 Å². The van der Waals surface area contributed by atoms with Crippen molar-refractivity contribution in [1.29, 1.82) is 0 Å². The molecule has 7 heteroatoms. The van der Waals surface area contributed by atoms with Crippen LogP contribution in [0.5, 0.6) is 0 Å². The maximum atomic E-state index is 12.3. The van der Waals surface area contributed by atoms with Crippen molar-refractivity contribution in [2.24, 2.45) is 11.7 Å². The average molecular weight is 319 g/mol. The van der Waals surface area contributed by atoms with Gasteiger partial charge in [-0.3, -0.25) is 0 Å². The summed E-state index contributed by atoms with van der Waals surface area (Å²) in [5.74, 6) is 0.561. The number of sulfonamides is 1. The Balaban J connectivity index is 2.29. The van der Waals surface area contributed by atoms with Gasteiger partial charge in [0.05, 0.1) is 5.02 Å². The highest BCUT2D eigenvalue weighted by Crippen LogP contribution is 2.29. The minimum atomic E-state index is -3.63. The lowest BCUT2D eigenvalue weighted by molar-refractivity contribution is 0.270. The number of hydrogen-bond acceptors (Lipinski definition) is 3. The van der Waals surface area contributed by atoms with E-state index in [0.717, 1.165) is 12.8 Å². The standard InChI is InChI=1S/C12H15ClN2O2S2/c1-7-4-9(5-7)15-19(16,17)11-6-8(12(14)18)2-3-10(11)13/h2-3,6-7,9,15H,4-5H2,1H3,(H2,14,18). The van der Waals surface area contributed by atoms with Gasteiger partial charge in [-0.25, -0.2) is 13.1 Å². The zero-order valence-corrected chi connectivity index (χ0v) is 12.8. The quantitative estimate of drug-likeness (QED) is 0.833. The molecule has 1 aromatic rings. The Morgan fingerprint density at radius 2 is 2.11 bits per heavy atom. The Morgan fingerprint density at radius 3 is 2.63 bits per heavy atom. The zero-order valence-electron chi connectivity index (χ0n) is 10.4. The van der Waals surface area contributed by atoms with E-state index in [2.05, 4.69) is 11.6 Å². The zero-order chi connectivity index (χ0) is 14.2. The number of halogens is 1. The van der Waals surface area contributed by atoms with E-state index in [9.17, 15) is 8.42 Å². The van der Waals surface area contributed by atoms with E-state index in [-0.39, 0.29) is 20.9 Å². The maximum Gasteiger partial charge on any atom is 0.242 e. The maximum absolute atomic E-state index is 12.3. The van der Waals surface area contributed by atoms with Crippen LogP contribution in [0, 0.1) is 5.92 Å². The molecule has 0 saturated heterocycles. The molecular formula is C12H15ClN2O2S2. The van der Waals surface area contributed by atoms with Crippen molar-refractivity contribution in [2.45, 2.75) is 30.7 Å². The first-order valence-corrected chi connectivity index (χ1v) is 8.18. The molecule has 0 heterocycles. The lowest BCUT2D eigenvalue weighted by Crippen LogP contribution is -2.43. The molecule has 3 N–H and O–H groups in total. The van der Waals surface area contributed by atoms with Gasteiger partial charge in [-0.05, 0) is 30.9 Å². The van der Waals surface area contributed by atoms with E-state index >= 15 is 0 Å². The molecule has 0 bridgehead atoms. The van der Waals surface area contributed by atoms with Gasteiger partial charge in [-0.2, -0.15) is 0 Å². The number of rotatable bonds is 4. The molecule has 1 aromatic carbocycles. The van der Waals surface area contributed by atoms with Gasteiger partial charge in [0, 0.05) is 11.6 Å². The van der Waals surface area contributed by atoms with Crippen LogP contribution >= 0.6 is 23.8 Å². The van der Waals surface area contributed by atoms with Crippen molar-refractivity contribution in [3.63, 3.8) is 0 Å². The first-order chi connectivity index (χ1) is 8.79. The van der Waals surface area contributed by atoms with Gasteiger partial charge in [0.15, 0.2) is 0 Å². The Kier molecular flexibility index (Phi) is 4.15. The minimum Gasteiger partial charge on any atom is -0.389 e. The highest BCUT2D eigenvalue weighted by Gasteiger charge is 2.30. The Bertz CT molecular complexity index is 610. The molecular weight excluding hydrogens is 304 g/mol. The normalized spacial score (nSPS) is 22.8. The fourth-order valence-corrected chi connectivity index (χ4v) is 4.06. The topological polar surface area (TPSA) is 72.2 Å². The first-order valence-electron chi connectivity index (χ1n) is 5.91. The molecule has 1 saturated carbocycles. The molecule has 1 aliphatic rings. The van der Waals surface area contributed by atoms with Crippen molar-refractivity contribution in [3.05, 3.63) is 28.8 Å². The number of nitrogens with one attached hydrogen (secondary N) is 1. The summed E-state index contributed by atoms with van der Waals surface area (Å²) in [7, 11) is -3.63. The molecule has 104 valence electrons. The van der Waals surface area contributed by atoms with Crippen LogP contribution in [0.15, 0.2) is 23.1 Å². The van der Waals surface area contributed by atoms with Gasteiger partial charge in [0.25, 0.3) is 0 Å². The van der Waals surface area contributed by atoms with Crippen LogP contribution in [0.3, 0.4) is 0 Å². The smallest absolute Gasteiger partial charge is 0.242 e. The number of benzene rings is 1. The molecule has 1 aliphatic carbocycles. The van der Waals surface area contributed by atoms with Gasteiger partial charge in [0.1, 0.15) is 9.88 Å².